The quantitative estimate of drug-likeness (QED) is 0.526. The molecule has 0 saturated carbocycles. The molecule has 3 aromatic rings. The molecule has 0 amide bonds. The molecule has 8 nitrogen and oxygen atoms in total. The Morgan fingerprint density at radius 1 is 1.23 bits per heavy atom. The van der Waals surface area contributed by atoms with Crippen molar-refractivity contribution in [2.75, 3.05) is 12.8 Å². The molecule has 0 atom stereocenters. The van der Waals surface area contributed by atoms with Crippen LogP contribution in [-0.4, -0.2) is 47.4 Å². The van der Waals surface area contributed by atoms with Gasteiger partial charge in [0.2, 0.25) is 10.0 Å². The van der Waals surface area contributed by atoms with Crippen molar-refractivity contribution in [3.8, 4) is 17.6 Å². The SMILES string of the molecule is CS(=O)(=O)NCC#Cc1nc(C(=O)O)c(O)c2ncc(Cc3ccc(F)cc3)cc12. The summed E-state index contributed by atoms with van der Waals surface area (Å²) in [5.41, 5.74) is 0.953. The number of carboxylic acids is 1. The summed E-state index contributed by atoms with van der Waals surface area (Å²) in [5, 5.41) is 19.8. The number of nitrogens with one attached hydrogen (secondary N) is 1. The summed E-state index contributed by atoms with van der Waals surface area (Å²) in [7, 11) is -3.44. The average Bonchev–Trinajstić information content (AvgIpc) is 2.67. The number of aromatic nitrogens is 2. The molecule has 0 aliphatic heterocycles. The number of hydrogen-bond donors (Lipinski definition) is 3. The van der Waals surface area contributed by atoms with E-state index in [1.807, 2.05) is 0 Å². The number of carboxylic acid groups (broad SMARTS) is 1. The van der Waals surface area contributed by atoms with E-state index in [2.05, 4.69) is 26.5 Å². The fourth-order valence-electron chi connectivity index (χ4n) is 2.69. The Hall–Kier alpha value is -3.55. The maximum atomic E-state index is 13.1. The van der Waals surface area contributed by atoms with Crippen LogP contribution in [0.5, 0.6) is 5.75 Å². The summed E-state index contributed by atoms with van der Waals surface area (Å²) in [6.07, 6.45) is 2.86. The molecule has 2 aromatic heterocycles. The molecule has 1 aromatic carbocycles. The number of rotatable bonds is 5. The van der Waals surface area contributed by atoms with Gasteiger partial charge in [0.15, 0.2) is 11.4 Å². The normalized spacial score (nSPS) is 11.1. The second-order valence-electron chi connectivity index (χ2n) is 6.40. The van der Waals surface area contributed by atoms with Crippen LogP contribution >= 0.6 is 0 Å². The molecule has 2 heterocycles. The van der Waals surface area contributed by atoms with Gasteiger partial charge in [-0.1, -0.05) is 18.1 Å². The molecule has 30 heavy (non-hydrogen) atoms. The fourth-order valence-corrected chi connectivity index (χ4v) is 3.02. The van der Waals surface area contributed by atoms with Gasteiger partial charge in [0.1, 0.15) is 17.0 Å². The zero-order valence-corrected chi connectivity index (χ0v) is 16.5. The van der Waals surface area contributed by atoms with E-state index in [0.29, 0.717) is 17.4 Å². The van der Waals surface area contributed by atoms with Crippen LogP contribution in [0.3, 0.4) is 0 Å². The largest absolute Gasteiger partial charge is 0.504 e. The van der Waals surface area contributed by atoms with Crippen LogP contribution in [-0.2, 0) is 16.4 Å². The minimum absolute atomic E-state index is 0.00521. The third-order valence-corrected chi connectivity index (χ3v) is 4.69. The smallest absolute Gasteiger partial charge is 0.358 e. The van der Waals surface area contributed by atoms with E-state index in [1.54, 1.807) is 18.2 Å². The number of aromatic hydroxyl groups is 1. The minimum atomic E-state index is -3.44. The molecule has 3 rings (SSSR count). The summed E-state index contributed by atoms with van der Waals surface area (Å²) in [5.74, 6) is 2.79. The molecule has 0 aliphatic rings. The van der Waals surface area contributed by atoms with Crippen molar-refractivity contribution in [2.24, 2.45) is 0 Å². The van der Waals surface area contributed by atoms with E-state index in [0.717, 1.165) is 11.8 Å². The molecule has 0 fully saturated rings. The van der Waals surface area contributed by atoms with Gasteiger partial charge >= 0.3 is 5.97 Å². The predicted octanol–water partition coefficient (Wildman–Crippen LogP) is 1.66. The Labute approximate surface area is 171 Å². The van der Waals surface area contributed by atoms with E-state index in [-0.39, 0.29) is 23.6 Å². The summed E-state index contributed by atoms with van der Waals surface area (Å²) in [6.45, 7) is -0.200. The van der Waals surface area contributed by atoms with E-state index < -0.39 is 27.4 Å². The Morgan fingerprint density at radius 3 is 2.57 bits per heavy atom. The first kappa shape index (κ1) is 21.2. The number of halogens is 1. The Kier molecular flexibility index (Phi) is 5.96. The highest BCUT2D eigenvalue weighted by Gasteiger charge is 2.19. The number of benzene rings is 1. The van der Waals surface area contributed by atoms with Crippen LogP contribution in [0.25, 0.3) is 10.9 Å². The molecule has 10 heteroatoms. The zero-order valence-electron chi connectivity index (χ0n) is 15.7. The lowest BCUT2D eigenvalue weighted by Gasteiger charge is -2.08. The number of pyridine rings is 2. The van der Waals surface area contributed by atoms with Crippen molar-refractivity contribution in [2.45, 2.75) is 6.42 Å². The van der Waals surface area contributed by atoms with Gasteiger partial charge in [0.25, 0.3) is 0 Å². The predicted molar refractivity (Wildman–Crippen MR) is 107 cm³/mol. The van der Waals surface area contributed by atoms with Gasteiger partial charge in [0.05, 0.1) is 12.8 Å². The van der Waals surface area contributed by atoms with Crippen molar-refractivity contribution >= 4 is 26.9 Å². The van der Waals surface area contributed by atoms with Gasteiger partial charge in [-0.25, -0.2) is 27.3 Å². The van der Waals surface area contributed by atoms with Gasteiger partial charge in [0, 0.05) is 11.6 Å². The molecule has 0 radical (unpaired) electrons. The van der Waals surface area contributed by atoms with E-state index in [4.69, 9.17) is 0 Å². The monoisotopic (exact) mass is 429 g/mol. The Morgan fingerprint density at radius 2 is 1.93 bits per heavy atom. The fraction of sp³-hybridized carbons (Fsp3) is 0.150. The maximum Gasteiger partial charge on any atom is 0.358 e. The average molecular weight is 429 g/mol. The first-order chi connectivity index (χ1) is 14.1. The Balaban J connectivity index is 2.06. The number of carbonyl (C=O) groups is 1. The summed E-state index contributed by atoms with van der Waals surface area (Å²) < 4.78 is 37.6. The zero-order chi connectivity index (χ0) is 21.9. The summed E-state index contributed by atoms with van der Waals surface area (Å²) in [4.78, 5) is 19.5. The molecule has 3 N–H and O–H groups in total. The van der Waals surface area contributed by atoms with Crippen LogP contribution in [0.1, 0.15) is 27.3 Å². The molecule has 0 aliphatic carbocycles. The highest BCUT2D eigenvalue weighted by molar-refractivity contribution is 7.88. The number of aromatic carboxylic acids is 1. The van der Waals surface area contributed by atoms with Gasteiger partial charge in [-0.15, -0.1) is 0 Å². The van der Waals surface area contributed by atoms with E-state index >= 15 is 0 Å². The van der Waals surface area contributed by atoms with E-state index in [9.17, 15) is 27.8 Å². The first-order valence-corrected chi connectivity index (χ1v) is 10.5. The highest BCUT2D eigenvalue weighted by Crippen LogP contribution is 2.29. The van der Waals surface area contributed by atoms with Crippen molar-refractivity contribution in [1.29, 1.82) is 0 Å². The van der Waals surface area contributed by atoms with Crippen molar-refractivity contribution < 1.29 is 27.8 Å². The Bertz CT molecular complexity index is 1300. The van der Waals surface area contributed by atoms with Crippen LogP contribution < -0.4 is 4.72 Å². The molecule has 0 saturated heterocycles. The minimum Gasteiger partial charge on any atom is -0.504 e. The first-order valence-electron chi connectivity index (χ1n) is 8.57. The number of hydrogen-bond acceptors (Lipinski definition) is 6. The van der Waals surface area contributed by atoms with Gasteiger partial charge in [-0.2, -0.15) is 0 Å². The van der Waals surface area contributed by atoms with Crippen molar-refractivity contribution in [3.63, 3.8) is 0 Å². The van der Waals surface area contributed by atoms with E-state index in [1.165, 1.54) is 18.3 Å². The van der Waals surface area contributed by atoms with Crippen LogP contribution in [0.4, 0.5) is 4.39 Å². The molecule has 0 bridgehead atoms. The van der Waals surface area contributed by atoms with Gasteiger partial charge < -0.3 is 10.2 Å². The molecular weight excluding hydrogens is 413 g/mol. The summed E-state index contributed by atoms with van der Waals surface area (Å²) in [6, 6.07) is 7.57. The van der Waals surface area contributed by atoms with Crippen molar-refractivity contribution in [1.82, 2.24) is 14.7 Å². The molecule has 154 valence electrons. The molecular formula is C20H16FN3O5S. The number of sulfonamides is 1. The van der Waals surface area contributed by atoms with Crippen LogP contribution in [0, 0.1) is 17.7 Å². The van der Waals surface area contributed by atoms with Crippen LogP contribution in [0.2, 0.25) is 0 Å². The van der Waals surface area contributed by atoms with Gasteiger partial charge in [-0.05, 0) is 41.7 Å². The second kappa shape index (κ2) is 8.44. The standard InChI is InChI=1S/C20H16FN3O5S/c1-30(28,29)23-8-2-3-16-15-10-13(9-12-4-6-14(21)7-5-12)11-22-17(15)19(25)18(24-16)20(26)27/h4-7,10-11,23,25H,8-9H2,1H3,(H,26,27). The lowest BCUT2D eigenvalue weighted by Crippen LogP contribution is -2.21. The van der Waals surface area contributed by atoms with Crippen LogP contribution in [0.15, 0.2) is 36.5 Å². The topological polar surface area (TPSA) is 129 Å². The maximum absolute atomic E-state index is 13.1. The lowest BCUT2D eigenvalue weighted by atomic mass is 10.0. The molecule has 0 unspecified atom stereocenters. The highest BCUT2D eigenvalue weighted by atomic mass is 32.2. The molecule has 0 spiro atoms. The number of fused-ring (bicyclic) bond motifs is 1. The third kappa shape index (κ3) is 5.08. The van der Waals surface area contributed by atoms with Crippen molar-refractivity contribution in [3.05, 3.63) is 64.9 Å². The van der Waals surface area contributed by atoms with Gasteiger partial charge in [-0.3, -0.25) is 4.98 Å². The third-order valence-electron chi connectivity index (χ3n) is 4.03. The second-order valence-corrected chi connectivity index (χ2v) is 8.23. The lowest BCUT2D eigenvalue weighted by molar-refractivity contribution is 0.0687. The number of nitrogens with zero attached hydrogens (tertiary/aromatic N) is 2. The summed E-state index contributed by atoms with van der Waals surface area (Å²) >= 11 is 0.